The van der Waals surface area contributed by atoms with E-state index in [0.29, 0.717) is 29.2 Å². The molecule has 120 valence electrons. The van der Waals surface area contributed by atoms with Crippen LogP contribution in [0.25, 0.3) is 0 Å². The van der Waals surface area contributed by atoms with Crippen molar-refractivity contribution in [2.24, 2.45) is 0 Å². The maximum absolute atomic E-state index is 12.1. The summed E-state index contributed by atoms with van der Waals surface area (Å²) in [6, 6.07) is 12.9. The molecule has 2 N–H and O–H groups in total. The Morgan fingerprint density at radius 1 is 1.04 bits per heavy atom. The molecular weight excluding hydrogens is 312 g/mol. The van der Waals surface area contributed by atoms with Crippen LogP contribution in [0.1, 0.15) is 24.5 Å². The molecular formula is C18H19ClN2O2. The highest BCUT2D eigenvalue weighted by Crippen LogP contribution is 2.23. The Bertz CT molecular complexity index is 729. The van der Waals surface area contributed by atoms with Crippen LogP contribution in [0.15, 0.2) is 42.5 Å². The second kappa shape index (κ2) is 7.79. The quantitative estimate of drug-likeness (QED) is 0.864. The summed E-state index contributed by atoms with van der Waals surface area (Å²) >= 11 is 5.93. The maximum atomic E-state index is 12.1. The molecule has 0 fully saturated rings. The first-order valence-electron chi connectivity index (χ1n) is 7.37. The van der Waals surface area contributed by atoms with Gasteiger partial charge in [-0.15, -0.1) is 0 Å². The lowest BCUT2D eigenvalue weighted by Crippen LogP contribution is -2.14. The molecule has 2 aromatic carbocycles. The molecule has 23 heavy (non-hydrogen) atoms. The van der Waals surface area contributed by atoms with E-state index in [1.165, 1.54) is 6.92 Å². The van der Waals surface area contributed by atoms with Crippen molar-refractivity contribution in [1.82, 2.24) is 0 Å². The number of carbonyl (C=O) groups is 2. The summed E-state index contributed by atoms with van der Waals surface area (Å²) in [5, 5.41) is 6.30. The predicted octanol–water partition coefficient (Wildman–Crippen LogP) is 4.18. The summed E-state index contributed by atoms with van der Waals surface area (Å²) in [7, 11) is 0. The van der Waals surface area contributed by atoms with Crippen LogP contribution in [0.4, 0.5) is 11.4 Å². The molecule has 2 aromatic rings. The van der Waals surface area contributed by atoms with Gasteiger partial charge in [-0.25, -0.2) is 0 Å². The van der Waals surface area contributed by atoms with Gasteiger partial charge in [-0.3, -0.25) is 9.59 Å². The molecule has 0 aliphatic heterocycles. The zero-order valence-electron chi connectivity index (χ0n) is 13.2. The Morgan fingerprint density at radius 2 is 1.70 bits per heavy atom. The largest absolute Gasteiger partial charge is 0.326 e. The first-order chi connectivity index (χ1) is 11.0. The van der Waals surface area contributed by atoms with E-state index in [1.54, 1.807) is 12.1 Å². The molecule has 0 spiro atoms. The smallest absolute Gasteiger partial charge is 0.224 e. The highest BCUT2D eigenvalue weighted by molar-refractivity contribution is 6.30. The first kappa shape index (κ1) is 17.0. The van der Waals surface area contributed by atoms with Gasteiger partial charge in [0.15, 0.2) is 0 Å². The topological polar surface area (TPSA) is 58.2 Å². The van der Waals surface area contributed by atoms with Gasteiger partial charge in [0.2, 0.25) is 11.8 Å². The molecule has 0 atom stereocenters. The van der Waals surface area contributed by atoms with Crippen LogP contribution in [0.3, 0.4) is 0 Å². The minimum Gasteiger partial charge on any atom is -0.326 e. The Labute approximate surface area is 140 Å². The molecule has 2 rings (SSSR count). The Kier molecular flexibility index (Phi) is 5.77. The normalized spacial score (nSPS) is 10.2. The van der Waals surface area contributed by atoms with Crippen molar-refractivity contribution in [3.05, 3.63) is 58.6 Å². The van der Waals surface area contributed by atoms with E-state index in [2.05, 4.69) is 10.6 Å². The number of nitrogens with one attached hydrogen (secondary N) is 2. The van der Waals surface area contributed by atoms with E-state index in [0.717, 1.165) is 11.1 Å². The van der Waals surface area contributed by atoms with Crippen molar-refractivity contribution in [2.45, 2.75) is 26.7 Å². The Balaban J connectivity index is 1.99. The van der Waals surface area contributed by atoms with Crippen LogP contribution in [-0.2, 0) is 16.0 Å². The molecule has 2 amide bonds. The molecule has 5 heteroatoms. The summed E-state index contributed by atoms with van der Waals surface area (Å²) < 4.78 is 0. The number of anilines is 2. The Morgan fingerprint density at radius 3 is 2.35 bits per heavy atom. The standard InChI is InChI=1S/C18H19ClN2O2/c1-12-16(20-13(2)22)7-4-8-17(12)21-18(23)10-9-14-5-3-6-15(19)11-14/h3-8,11H,9-10H2,1-2H3,(H,20,22)(H,21,23). The maximum Gasteiger partial charge on any atom is 0.224 e. The average Bonchev–Trinajstić information content (AvgIpc) is 2.49. The summed E-state index contributed by atoms with van der Waals surface area (Å²) in [6.07, 6.45) is 0.987. The number of rotatable bonds is 5. The lowest BCUT2D eigenvalue weighted by atomic mass is 10.1. The molecule has 0 aliphatic rings. The highest BCUT2D eigenvalue weighted by atomic mass is 35.5. The van der Waals surface area contributed by atoms with Gasteiger partial charge in [0, 0.05) is 29.7 Å². The molecule has 0 unspecified atom stereocenters. The third-order valence-corrected chi connectivity index (χ3v) is 3.68. The van der Waals surface area contributed by atoms with Gasteiger partial charge in [0.1, 0.15) is 0 Å². The molecule has 0 saturated heterocycles. The zero-order valence-corrected chi connectivity index (χ0v) is 13.9. The zero-order chi connectivity index (χ0) is 16.8. The molecule has 0 aromatic heterocycles. The van der Waals surface area contributed by atoms with Gasteiger partial charge < -0.3 is 10.6 Å². The third-order valence-electron chi connectivity index (χ3n) is 3.45. The van der Waals surface area contributed by atoms with Gasteiger partial charge in [0.25, 0.3) is 0 Å². The van der Waals surface area contributed by atoms with Crippen LogP contribution < -0.4 is 10.6 Å². The summed E-state index contributed by atoms with van der Waals surface area (Å²) in [5.74, 6) is -0.217. The number of amides is 2. The van der Waals surface area contributed by atoms with Crippen molar-refractivity contribution in [3.63, 3.8) is 0 Å². The number of aryl methyl sites for hydroxylation is 1. The van der Waals surface area contributed by atoms with Crippen molar-refractivity contribution in [3.8, 4) is 0 Å². The summed E-state index contributed by atoms with van der Waals surface area (Å²) in [4.78, 5) is 23.3. The number of benzene rings is 2. The van der Waals surface area contributed by atoms with E-state index < -0.39 is 0 Å². The molecule has 0 heterocycles. The third kappa shape index (κ3) is 5.11. The van der Waals surface area contributed by atoms with E-state index in [4.69, 9.17) is 11.6 Å². The van der Waals surface area contributed by atoms with Crippen LogP contribution >= 0.6 is 11.6 Å². The molecule has 0 bridgehead atoms. The van der Waals surface area contributed by atoms with Gasteiger partial charge in [-0.1, -0.05) is 29.8 Å². The van der Waals surface area contributed by atoms with Crippen LogP contribution in [0.2, 0.25) is 5.02 Å². The van der Waals surface area contributed by atoms with Gasteiger partial charge in [-0.05, 0) is 48.7 Å². The van der Waals surface area contributed by atoms with Crippen molar-refractivity contribution in [1.29, 1.82) is 0 Å². The molecule has 0 radical (unpaired) electrons. The van der Waals surface area contributed by atoms with Crippen LogP contribution in [0.5, 0.6) is 0 Å². The SMILES string of the molecule is CC(=O)Nc1cccc(NC(=O)CCc2cccc(Cl)c2)c1C. The lowest BCUT2D eigenvalue weighted by Gasteiger charge is -2.12. The van der Waals surface area contributed by atoms with Crippen molar-refractivity contribution >= 4 is 34.8 Å². The van der Waals surface area contributed by atoms with Gasteiger partial charge >= 0.3 is 0 Å². The molecule has 0 saturated carbocycles. The molecule has 0 aliphatic carbocycles. The van der Waals surface area contributed by atoms with Crippen molar-refractivity contribution in [2.75, 3.05) is 10.6 Å². The predicted molar refractivity (Wildman–Crippen MR) is 93.9 cm³/mol. The number of carbonyl (C=O) groups excluding carboxylic acids is 2. The minimum atomic E-state index is -0.141. The van der Waals surface area contributed by atoms with Gasteiger partial charge in [0.05, 0.1) is 0 Å². The van der Waals surface area contributed by atoms with Crippen LogP contribution in [0, 0.1) is 6.92 Å². The van der Waals surface area contributed by atoms with E-state index in [1.807, 2.05) is 37.3 Å². The molecule has 4 nitrogen and oxygen atoms in total. The van der Waals surface area contributed by atoms with E-state index in [9.17, 15) is 9.59 Å². The number of hydrogen-bond acceptors (Lipinski definition) is 2. The Hall–Kier alpha value is -2.33. The fraction of sp³-hybridized carbons (Fsp3) is 0.222. The minimum absolute atomic E-state index is 0.0759. The second-order valence-corrected chi connectivity index (χ2v) is 5.77. The van der Waals surface area contributed by atoms with Crippen molar-refractivity contribution < 1.29 is 9.59 Å². The number of hydrogen-bond donors (Lipinski definition) is 2. The number of halogens is 1. The highest BCUT2D eigenvalue weighted by Gasteiger charge is 2.09. The average molecular weight is 331 g/mol. The monoisotopic (exact) mass is 330 g/mol. The fourth-order valence-electron chi connectivity index (χ4n) is 2.26. The fourth-order valence-corrected chi connectivity index (χ4v) is 2.47. The summed E-state index contributed by atoms with van der Waals surface area (Å²) in [5.41, 5.74) is 3.26. The first-order valence-corrected chi connectivity index (χ1v) is 7.75. The summed E-state index contributed by atoms with van der Waals surface area (Å²) in [6.45, 7) is 3.31. The van der Waals surface area contributed by atoms with Crippen LogP contribution in [-0.4, -0.2) is 11.8 Å². The van der Waals surface area contributed by atoms with E-state index in [-0.39, 0.29) is 11.8 Å². The van der Waals surface area contributed by atoms with Gasteiger partial charge in [-0.2, -0.15) is 0 Å². The van der Waals surface area contributed by atoms with E-state index >= 15 is 0 Å². The second-order valence-electron chi connectivity index (χ2n) is 5.34. The lowest BCUT2D eigenvalue weighted by molar-refractivity contribution is -0.116.